The first-order valence-corrected chi connectivity index (χ1v) is 15.1. The van der Waals surface area contributed by atoms with Crippen LogP contribution in [-0.4, -0.2) is 29.2 Å². The number of benzene rings is 2. The molecule has 0 amide bonds. The van der Waals surface area contributed by atoms with Gasteiger partial charge in [0.2, 0.25) is 0 Å². The first kappa shape index (κ1) is 29.5. The molecule has 8 nitrogen and oxygen atoms in total. The summed E-state index contributed by atoms with van der Waals surface area (Å²) >= 11 is 5.49. The zero-order valence-corrected chi connectivity index (χ0v) is 27.0. The van der Waals surface area contributed by atoms with Crippen molar-refractivity contribution in [3.05, 3.63) is 85.6 Å². The lowest BCUT2D eigenvalue weighted by atomic mass is 9.96. The molecule has 2 aromatic carbocycles. The minimum Gasteiger partial charge on any atom is -0.491 e. The summed E-state index contributed by atoms with van der Waals surface area (Å²) in [5, 5.41) is 0. The summed E-state index contributed by atoms with van der Waals surface area (Å²) < 4.78 is 20.2. The molecule has 11 heteroatoms. The van der Waals surface area contributed by atoms with E-state index in [1.165, 1.54) is 22.8 Å². The number of hydrogen-bond acceptors (Lipinski definition) is 8. The summed E-state index contributed by atoms with van der Waals surface area (Å²) in [7, 11) is 0. The standard InChI is InChI=1S/C28H26I2N2O6S/c1-6-36-27(35)23-15(4)31-28-32(24(23)17-7-9-20(10-8-17)37-14(2)3)26(34)22(39-28)12-18-11-19(29)13-21(30)25(18)38-16(5)33/h7-14,24H,6H2,1-5H3/b22-12-/t24-/m1/s1. The third-order valence-corrected chi connectivity index (χ3v) is 8.06. The van der Waals surface area contributed by atoms with Crippen molar-refractivity contribution in [2.45, 2.75) is 46.8 Å². The summed E-state index contributed by atoms with van der Waals surface area (Å²) in [5.74, 6) is 0.0931. The van der Waals surface area contributed by atoms with E-state index in [0.29, 0.717) is 37.7 Å². The van der Waals surface area contributed by atoms with Crippen LogP contribution in [0.1, 0.15) is 51.8 Å². The Hall–Kier alpha value is -2.52. The molecule has 39 heavy (non-hydrogen) atoms. The average molecular weight is 772 g/mol. The maximum absolute atomic E-state index is 13.9. The number of carbonyl (C=O) groups is 2. The predicted molar refractivity (Wildman–Crippen MR) is 166 cm³/mol. The van der Waals surface area contributed by atoms with E-state index in [1.54, 1.807) is 19.9 Å². The van der Waals surface area contributed by atoms with Crippen molar-refractivity contribution < 1.29 is 23.8 Å². The van der Waals surface area contributed by atoms with Crippen molar-refractivity contribution in [2.75, 3.05) is 6.61 Å². The Kier molecular flexibility index (Phi) is 9.32. The minimum atomic E-state index is -0.737. The van der Waals surface area contributed by atoms with E-state index >= 15 is 0 Å². The van der Waals surface area contributed by atoms with Gasteiger partial charge in [0, 0.05) is 16.1 Å². The van der Waals surface area contributed by atoms with Crippen LogP contribution in [0.4, 0.5) is 0 Å². The lowest BCUT2D eigenvalue weighted by molar-refractivity contribution is -0.139. The molecule has 0 radical (unpaired) electrons. The monoisotopic (exact) mass is 772 g/mol. The number of hydrogen-bond donors (Lipinski definition) is 0. The lowest BCUT2D eigenvalue weighted by Crippen LogP contribution is -2.39. The fourth-order valence-corrected chi connectivity index (χ4v) is 7.23. The highest BCUT2D eigenvalue weighted by Crippen LogP contribution is 2.32. The highest BCUT2D eigenvalue weighted by molar-refractivity contribution is 14.1. The van der Waals surface area contributed by atoms with Crippen molar-refractivity contribution in [2.24, 2.45) is 4.99 Å². The van der Waals surface area contributed by atoms with Gasteiger partial charge < -0.3 is 14.2 Å². The molecule has 4 rings (SSSR count). The second-order valence-electron chi connectivity index (χ2n) is 8.94. The van der Waals surface area contributed by atoms with Crippen molar-refractivity contribution in [1.29, 1.82) is 0 Å². The molecule has 1 aromatic heterocycles. The Morgan fingerprint density at radius 1 is 1.18 bits per heavy atom. The number of nitrogens with zero attached hydrogens (tertiary/aromatic N) is 2. The Balaban J connectivity index is 1.94. The van der Waals surface area contributed by atoms with Gasteiger partial charge in [-0.3, -0.25) is 14.2 Å². The largest absolute Gasteiger partial charge is 0.491 e. The third-order valence-electron chi connectivity index (χ3n) is 5.65. The van der Waals surface area contributed by atoms with Crippen LogP contribution in [0.3, 0.4) is 0 Å². The Morgan fingerprint density at radius 2 is 1.87 bits per heavy atom. The summed E-state index contributed by atoms with van der Waals surface area (Å²) in [6.07, 6.45) is 1.71. The average Bonchev–Trinajstić information content (AvgIpc) is 3.15. The fourth-order valence-electron chi connectivity index (χ4n) is 4.19. The van der Waals surface area contributed by atoms with Crippen LogP contribution in [0.25, 0.3) is 6.08 Å². The number of thiazole rings is 1. The Morgan fingerprint density at radius 3 is 2.49 bits per heavy atom. The quantitative estimate of drug-likeness (QED) is 0.196. The van der Waals surface area contributed by atoms with Crippen molar-refractivity contribution in [3.8, 4) is 11.5 Å². The van der Waals surface area contributed by atoms with Gasteiger partial charge in [-0.2, -0.15) is 0 Å². The van der Waals surface area contributed by atoms with Gasteiger partial charge in [0.1, 0.15) is 5.75 Å². The second-order valence-corrected chi connectivity index (χ2v) is 12.4. The van der Waals surface area contributed by atoms with Crippen molar-refractivity contribution >= 4 is 74.5 Å². The van der Waals surface area contributed by atoms with Gasteiger partial charge in [0.05, 0.1) is 38.1 Å². The predicted octanol–water partition coefficient (Wildman–Crippen LogP) is 4.72. The normalized spacial score (nSPS) is 15.2. The molecule has 1 aliphatic heterocycles. The van der Waals surface area contributed by atoms with Crippen LogP contribution >= 0.6 is 56.5 Å². The number of aromatic nitrogens is 1. The van der Waals surface area contributed by atoms with Gasteiger partial charge in [-0.05, 0) is 109 Å². The van der Waals surface area contributed by atoms with E-state index in [0.717, 1.165) is 12.7 Å². The maximum Gasteiger partial charge on any atom is 0.338 e. The highest BCUT2D eigenvalue weighted by Gasteiger charge is 2.33. The van der Waals surface area contributed by atoms with Gasteiger partial charge in [0.15, 0.2) is 10.6 Å². The molecule has 1 aliphatic rings. The van der Waals surface area contributed by atoms with Crippen LogP contribution in [0.2, 0.25) is 0 Å². The molecule has 0 spiro atoms. The summed E-state index contributed by atoms with van der Waals surface area (Å²) in [5.41, 5.74) is 1.79. The number of allylic oxidation sites excluding steroid dienone is 1. The zero-order chi connectivity index (χ0) is 28.4. The molecule has 0 saturated heterocycles. The molecule has 3 aromatic rings. The SMILES string of the molecule is CCOC(=O)C1=C(C)N=c2s/c(=C\c3cc(I)cc(I)c3OC(C)=O)c(=O)n2[C@@H]1c1ccc(OC(C)C)cc1. The minimum absolute atomic E-state index is 0.00624. The number of fused-ring (bicyclic) bond motifs is 1. The molecular weight excluding hydrogens is 746 g/mol. The molecule has 204 valence electrons. The summed E-state index contributed by atoms with van der Waals surface area (Å²) in [6, 6.07) is 10.3. The van der Waals surface area contributed by atoms with Crippen molar-refractivity contribution in [1.82, 2.24) is 4.57 Å². The second kappa shape index (κ2) is 12.3. The van der Waals surface area contributed by atoms with Gasteiger partial charge in [-0.15, -0.1) is 0 Å². The van der Waals surface area contributed by atoms with Gasteiger partial charge >= 0.3 is 11.9 Å². The molecule has 0 fully saturated rings. The van der Waals surface area contributed by atoms with Crippen molar-refractivity contribution in [3.63, 3.8) is 0 Å². The van der Waals surface area contributed by atoms with Crippen LogP contribution in [0.15, 0.2) is 57.5 Å². The number of esters is 2. The van der Waals surface area contributed by atoms with Crippen LogP contribution in [0.5, 0.6) is 11.5 Å². The van der Waals surface area contributed by atoms with Crippen LogP contribution in [-0.2, 0) is 14.3 Å². The number of rotatable bonds is 7. The maximum atomic E-state index is 13.9. The summed E-state index contributed by atoms with van der Waals surface area (Å²) in [6.45, 7) is 8.89. The molecule has 0 saturated carbocycles. The topological polar surface area (TPSA) is 96.2 Å². The van der Waals surface area contributed by atoms with Crippen LogP contribution < -0.4 is 24.4 Å². The van der Waals surface area contributed by atoms with Gasteiger partial charge in [-0.25, -0.2) is 9.79 Å². The number of carbonyl (C=O) groups excluding carboxylic acids is 2. The summed E-state index contributed by atoms with van der Waals surface area (Å²) in [4.78, 5) is 43.9. The molecule has 0 unspecified atom stereocenters. The molecular formula is C28H26I2N2O6S. The first-order valence-electron chi connectivity index (χ1n) is 12.1. The third kappa shape index (κ3) is 6.46. The molecule has 1 atom stereocenters. The van der Waals surface area contributed by atoms with E-state index < -0.39 is 18.0 Å². The Bertz CT molecular complexity index is 1650. The van der Waals surface area contributed by atoms with Gasteiger partial charge in [0.25, 0.3) is 5.56 Å². The lowest BCUT2D eigenvalue weighted by Gasteiger charge is -2.25. The molecule has 0 aliphatic carbocycles. The van der Waals surface area contributed by atoms with E-state index in [2.05, 4.69) is 50.2 Å². The zero-order valence-electron chi connectivity index (χ0n) is 21.9. The fraction of sp³-hybridized carbons (Fsp3) is 0.286. The van der Waals surface area contributed by atoms with E-state index in [4.69, 9.17) is 14.2 Å². The Labute approximate surface area is 256 Å². The number of ether oxygens (including phenoxy) is 3. The molecule has 0 bridgehead atoms. The van der Waals surface area contributed by atoms with E-state index in [9.17, 15) is 14.4 Å². The van der Waals surface area contributed by atoms with Crippen LogP contribution in [0, 0.1) is 7.14 Å². The smallest absolute Gasteiger partial charge is 0.338 e. The first-order chi connectivity index (χ1) is 18.5. The molecule has 0 N–H and O–H groups in total. The molecule has 2 heterocycles. The van der Waals surface area contributed by atoms with Gasteiger partial charge in [-0.1, -0.05) is 23.5 Å². The highest BCUT2D eigenvalue weighted by atomic mass is 127. The van der Waals surface area contributed by atoms with E-state index in [1.807, 2.05) is 50.2 Å². The van der Waals surface area contributed by atoms with E-state index in [-0.39, 0.29) is 18.3 Å². The number of halogens is 2.